The molecule has 0 aliphatic heterocycles. The summed E-state index contributed by atoms with van der Waals surface area (Å²) in [6.07, 6.45) is 28.0. The number of unbranched alkanes of at least 4 members (excludes halogenated alkanes) is 24. The van der Waals surface area contributed by atoms with Crippen LogP contribution in [0.3, 0.4) is 0 Å². The molecule has 520 valence electrons. The number of hydrogen-bond donors (Lipinski definition) is 0. The lowest BCUT2D eigenvalue weighted by Crippen LogP contribution is -2.48. The zero-order valence-corrected chi connectivity index (χ0v) is 57.6. The first-order valence-electron chi connectivity index (χ1n) is 35.5. The van der Waals surface area contributed by atoms with Crippen molar-refractivity contribution in [2.45, 2.75) is 312 Å². The Morgan fingerprint density at radius 3 is 0.427 bits per heavy atom. The highest BCUT2D eigenvalue weighted by Crippen LogP contribution is 2.30. The number of esters is 8. The molecule has 0 aliphatic rings. The molecule has 0 spiro atoms. The lowest BCUT2D eigenvalue weighted by Gasteiger charge is -2.37. The second kappa shape index (κ2) is 57.6. The molecule has 0 atom stereocenters. The van der Waals surface area contributed by atoms with E-state index in [1.54, 1.807) is 0 Å². The van der Waals surface area contributed by atoms with Crippen molar-refractivity contribution in [3.05, 3.63) is 0 Å². The van der Waals surface area contributed by atoms with Gasteiger partial charge >= 0.3 is 47.8 Å². The van der Waals surface area contributed by atoms with Crippen molar-refractivity contribution >= 4 is 47.8 Å². The highest BCUT2D eigenvalue weighted by Gasteiger charge is 2.43. The third-order valence-electron chi connectivity index (χ3n) is 15.8. The van der Waals surface area contributed by atoms with Gasteiger partial charge in [0.2, 0.25) is 0 Å². The van der Waals surface area contributed by atoms with Gasteiger partial charge in [-0.3, -0.25) is 38.4 Å². The fourth-order valence-corrected chi connectivity index (χ4v) is 9.73. The van der Waals surface area contributed by atoms with Gasteiger partial charge in [0, 0.05) is 51.4 Å². The smallest absolute Gasteiger partial charge is 0.305 e. The Labute approximate surface area is 539 Å². The van der Waals surface area contributed by atoms with Crippen LogP contribution in [0.4, 0.5) is 0 Å². The largest absolute Gasteiger partial charge is 0.465 e. The summed E-state index contributed by atoms with van der Waals surface area (Å²) in [5.74, 6) is -3.84. The van der Waals surface area contributed by atoms with E-state index in [4.69, 9.17) is 47.4 Å². The molecular formula is C71H128O18. The summed E-state index contributed by atoms with van der Waals surface area (Å²) in [5, 5.41) is 0. The van der Waals surface area contributed by atoms with Crippen LogP contribution in [-0.4, -0.2) is 127 Å². The fraction of sp³-hybridized carbons (Fsp3) is 0.887. The molecule has 0 unspecified atom stereocenters. The van der Waals surface area contributed by atoms with Crippen molar-refractivity contribution in [3.8, 4) is 0 Å². The maximum absolute atomic E-state index is 13.7. The van der Waals surface area contributed by atoms with E-state index >= 15 is 0 Å². The zero-order valence-electron chi connectivity index (χ0n) is 57.6. The molecule has 0 radical (unpaired) electrons. The maximum Gasteiger partial charge on any atom is 0.305 e. The van der Waals surface area contributed by atoms with Crippen LogP contribution in [0.5, 0.6) is 0 Å². The minimum atomic E-state index is -1.49. The molecular weight excluding hydrogens is 1140 g/mol. The van der Waals surface area contributed by atoms with Gasteiger partial charge in [-0.1, -0.05) is 209 Å². The molecule has 18 heteroatoms. The van der Waals surface area contributed by atoms with Gasteiger partial charge in [0.05, 0.1) is 42.7 Å². The third-order valence-corrected chi connectivity index (χ3v) is 15.8. The van der Waals surface area contributed by atoms with E-state index in [9.17, 15) is 38.4 Å². The second-order valence-corrected chi connectivity index (χ2v) is 25.3. The summed E-state index contributed by atoms with van der Waals surface area (Å²) in [6.45, 7) is 12.5. The van der Waals surface area contributed by atoms with Crippen molar-refractivity contribution in [1.29, 1.82) is 0 Å². The molecule has 0 aliphatic carbocycles. The van der Waals surface area contributed by atoms with E-state index in [-0.39, 0.29) is 131 Å². The minimum Gasteiger partial charge on any atom is -0.465 e. The SMILES string of the molecule is CCCCCCC(=O)OCC(COCC(COC(=O)CCCCCC)(COC(=O)CCCCCC)COC(=O)CCCCCC)(COCC(COC(=O)CCCCCC)(COC(=O)CCCCCC)COC(=O)CCCCCC)COC(=O)CCCCCC. The maximum atomic E-state index is 13.7. The number of carbonyl (C=O) groups excluding carboxylic acids is 8. The van der Waals surface area contributed by atoms with Crippen LogP contribution >= 0.6 is 0 Å². The van der Waals surface area contributed by atoms with Crippen molar-refractivity contribution in [1.82, 2.24) is 0 Å². The molecule has 0 fully saturated rings. The predicted molar refractivity (Wildman–Crippen MR) is 347 cm³/mol. The Kier molecular flexibility index (Phi) is 54.8. The zero-order chi connectivity index (χ0) is 66.0. The summed E-state index contributed by atoms with van der Waals surface area (Å²) >= 11 is 0. The Balaban J connectivity index is 8.00. The van der Waals surface area contributed by atoms with Crippen LogP contribution in [0.1, 0.15) is 312 Å². The number of ether oxygens (including phenoxy) is 10. The molecule has 18 nitrogen and oxygen atoms in total. The van der Waals surface area contributed by atoms with Crippen molar-refractivity contribution < 1.29 is 85.7 Å². The van der Waals surface area contributed by atoms with Gasteiger partial charge < -0.3 is 47.4 Å². The highest BCUT2D eigenvalue weighted by atomic mass is 16.6. The van der Waals surface area contributed by atoms with Gasteiger partial charge in [0.25, 0.3) is 0 Å². The highest BCUT2D eigenvalue weighted by molar-refractivity contribution is 5.72. The number of hydrogen-bond acceptors (Lipinski definition) is 18. The number of rotatable bonds is 64. The average Bonchev–Trinajstić information content (AvgIpc) is 3.62. The Bertz CT molecular complexity index is 1550. The number of carbonyl (C=O) groups is 8. The lowest BCUT2D eigenvalue weighted by atomic mass is 9.89. The van der Waals surface area contributed by atoms with Gasteiger partial charge in [-0.05, 0) is 51.4 Å². The van der Waals surface area contributed by atoms with Crippen molar-refractivity contribution in [2.24, 2.45) is 16.2 Å². The van der Waals surface area contributed by atoms with Crippen LogP contribution in [0.15, 0.2) is 0 Å². The van der Waals surface area contributed by atoms with E-state index in [0.717, 1.165) is 154 Å². The first kappa shape index (κ1) is 84.7. The minimum absolute atomic E-state index is 0.121. The quantitative estimate of drug-likeness (QED) is 0.0313. The molecule has 0 aromatic rings. The summed E-state index contributed by atoms with van der Waals surface area (Å²) in [4.78, 5) is 108. The monoisotopic (exact) mass is 1270 g/mol. The Hall–Kier alpha value is -4.32. The van der Waals surface area contributed by atoms with Crippen molar-refractivity contribution in [3.63, 3.8) is 0 Å². The predicted octanol–water partition coefficient (Wildman–Crippen LogP) is 16.1. The van der Waals surface area contributed by atoms with Crippen LogP contribution < -0.4 is 0 Å². The molecule has 0 N–H and O–H groups in total. The first-order chi connectivity index (χ1) is 43.1. The van der Waals surface area contributed by atoms with Crippen LogP contribution in [0.25, 0.3) is 0 Å². The van der Waals surface area contributed by atoms with Crippen molar-refractivity contribution in [2.75, 3.05) is 79.3 Å². The van der Waals surface area contributed by atoms with E-state index < -0.39 is 64.0 Å². The lowest BCUT2D eigenvalue weighted by molar-refractivity contribution is -0.178. The topological polar surface area (TPSA) is 229 Å². The standard InChI is InChI=1S/C71H128O18/c1-9-17-25-33-41-61(72)82-53-69(54-83-62(73)42-34-26-18-10-2,49-80-51-70(55-84-63(74)43-35-27-19-11-3,56-85-64(75)44-36-28-20-12-4)57-86-65(76)45-37-29-21-13-5)50-81-52-71(58-87-66(77)46-38-30-22-14-6,59-88-67(78)47-39-31-23-15-7)60-89-68(79)48-40-32-24-16-8/h9-60H2,1-8H3. The van der Waals surface area contributed by atoms with E-state index in [1.165, 1.54) is 0 Å². The van der Waals surface area contributed by atoms with E-state index in [2.05, 4.69) is 55.4 Å². The summed E-state index contributed by atoms with van der Waals surface area (Å²) in [7, 11) is 0. The van der Waals surface area contributed by atoms with Gasteiger partial charge in [0.1, 0.15) is 52.9 Å². The normalized spacial score (nSPS) is 11.7. The average molecular weight is 1270 g/mol. The molecule has 89 heavy (non-hydrogen) atoms. The molecule has 0 saturated carbocycles. The van der Waals surface area contributed by atoms with Crippen LogP contribution in [0.2, 0.25) is 0 Å². The molecule has 0 amide bonds. The van der Waals surface area contributed by atoms with Gasteiger partial charge in [-0.2, -0.15) is 0 Å². The van der Waals surface area contributed by atoms with Gasteiger partial charge in [-0.25, -0.2) is 0 Å². The molecule has 0 aromatic carbocycles. The summed E-state index contributed by atoms with van der Waals surface area (Å²) in [6, 6.07) is 0. The molecule has 0 bridgehead atoms. The van der Waals surface area contributed by atoms with Gasteiger partial charge in [-0.15, -0.1) is 0 Å². The second-order valence-electron chi connectivity index (χ2n) is 25.3. The fourth-order valence-electron chi connectivity index (χ4n) is 9.73. The molecule has 0 saturated heterocycles. The van der Waals surface area contributed by atoms with Gasteiger partial charge in [0.15, 0.2) is 0 Å². The Morgan fingerprint density at radius 2 is 0.303 bits per heavy atom. The van der Waals surface area contributed by atoms with Crippen LogP contribution in [-0.2, 0) is 85.7 Å². The third kappa shape index (κ3) is 48.1. The van der Waals surface area contributed by atoms with Crippen LogP contribution in [0, 0.1) is 16.2 Å². The summed E-state index contributed by atoms with van der Waals surface area (Å²) < 4.78 is 61.5. The molecule has 0 heterocycles. The summed E-state index contributed by atoms with van der Waals surface area (Å²) in [5.41, 5.74) is -4.36. The van der Waals surface area contributed by atoms with E-state index in [1.807, 2.05) is 0 Å². The molecule has 0 rings (SSSR count). The molecule has 0 aromatic heterocycles. The first-order valence-corrected chi connectivity index (χ1v) is 35.5. The Morgan fingerprint density at radius 1 is 0.180 bits per heavy atom. The van der Waals surface area contributed by atoms with E-state index in [0.29, 0.717) is 51.4 Å².